The molecule has 0 atom stereocenters. The van der Waals surface area contributed by atoms with Crippen molar-refractivity contribution in [2.75, 3.05) is 12.3 Å². The van der Waals surface area contributed by atoms with E-state index in [0.717, 1.165) is 17.8 Å². The number of aliphatic hydroxyl groups excluding tert-OH is 1. The maximum Gasteiger partial charge on any atom is 0.234 e. The number of nitrogens with zero attached hydrogens (tertiary/aromatic N) is 2. The predicted molar refractivity (Wildman–Crippen MR) is 77.3 cm³/mol. The monoisotopic (exact) mass is 313 g/mol. The van der Waals surface area contributed by atoms with Crippen LogP contribution in [0, 0.1) is 20.8 Å². The highest BCUT2D eigenvalue weighted by atomic mass is 35.5. The lowest BCUT2D eigenvalue weighted by molar-refractivity contribution is -0.689. The van der Waals surface area contributed by atoms with Gasteiger partial charge in [-0.05, 0) is 25.5 Å². The van der Waals surface area contributed by atoms with E-state index in [2.05, 4.69) is 35.7 Å². The van der Waals surface area contributed by atoms with Gasteiger partial charge >= 0.3 is 0 Å². The van der Waals surface area contributed by atoms with Gasteiger partial charge in [-0.2, -0.15) is 4.57 Å². The molecule has 0 unspecified atom stereocenters. The van der Waals surface area contributed by atoms with Crippen LogP contribution in [0.15, 0.2) is 12.3 Å². The minimum atomic E-state index is 0. The molecule has 4 nitrogen and oxygen atoms in total. The van der Waals surface area contributed by atoms with Crippen LogP contribution in [-0.2, 0) is 13.0 Å². The van der Waals surface area contributed by atoms with E-state index in [1.807, 2.05) is 6.92 Å². The maximum absolute atomic E-state index is 9.00. The molecule has 0 aromatic carbocycles. The second-order valence-corrected chi connectivity index (χ2v) is 6.08. The number of thiazole rings is 1. The molecule has 0 aliphatic carbocycles. The maximum atomic E-state index is 9.00. The molecule has 20 heavy (non-hydrogen) atoms. The molecular formula is C14H20ClN3OS. The lowest BCUT2D eigenvalue weighted by Crippen LogP contribution is -3.00. The number of aromatic nitrogens is 2. The van der Waals surface area contributed by atoms with Crippen molar-refractivity contribution in [1.82, 2.24) is 4.98 Å². The van der Waals surface area contributed by atoms with Crippen LogP contribution in [0.3, 0.4) is 0 Å². The molecule has 2 rings (SSSR count). The van der Waals surface area contributed by atoms with E-state index < -0.39 is 0 Å². The van der Waals surface area contributed by atoms with Crippen LogP contribution in [0.2, 0.25) is 0 Å². The first-order valence-electron chi connectivity index (χ1n) is 6.33. The van der Waals surface area contributed by atoms with E-state index in [4.69, 9.17) is 10.8 Å². The van der Waals surface area contributed by atoms with Crippen LogP contribution in [0.1, 0.15) is 26.7 Å². The lowest BCUT2D eigenvalue weighted by atomic mass is 10.1. The standard InChI is InChI=1S/C14H20N3OS.ClH/c1-9-6-10(2)16-14(15)13(9)8-17-7-12(4-5-18)19-11(17)3;/h6-7,18H,4-5,8H2,1-3H3,(H2,15,16);1H/q+1;/p-1. The van der Waals surface area contributed by atoms with Crippen LogP contribution < -0.4 is 22.7 Å². The van der Waals surface area contributed by atoms with Crippen molar-refractivity contribution in [3.05, 3.63) is 39.0 Å². The number of hydrogen-bond donors (Lipinski definition) is 2. The molecule has 0 spiro atoms. The quantitative estimate of drug-likeness (QED) is 0.677. The molecule has 0 aliphatic rings. The third kappa shape index (κ3) is 3.69. The lowest BCUT2D eigenvalue weighted by Gasteiger charge is -2.06. The highest BCUT2D eigenvalue weighted by Gasteiger charge is 2.17. The third-order valence-electron chi connectivity index (χ3n) is 3.18. The Morgan fingerprint density at radius 2 is 2.05 bits per heavy atom. The Morgan fingerprint density at radius 1 is 1.35 bits per heavy atom. The van der Waals surface area contributed by atoms with E-state index in [0.29, 0.717) is 12.2 Å². The molecule has 0 saturated heterocycles. The van der Waals surface area contributed by atoms with Crippen LogP contribution in [0.4, 0.5) is 5.82 Å². The predicted octanol–water partition coefficient (Wildman–Crippen LogP) is -1.47. The summed E-state index contributed by atoms with van der Waals surface area (Å²) in [7, 11) is 0. The summed E-state index contributed by atoms with van der Waals surface area (Å²) in [4.78, 5) is 5.52. The zero-order chi connectivity index (χ0) is 14.0. The van der Waals surface area contributed by atoms with Crippen molar-refractivity contribution in [2.45, 2.75) is 33.7 Å². The topological polar surface area (TPSA) is 63.0 Å². The second-order valence-electron chi connectivity index (χ2n) is 4.76. The van der Waals surface area contributed by atoms with Gasteiger partial charge in [0.05, 0.1) is 10.4 Å². The first kappa shape index (κ1) is 16.9. The van der Waals surface area contributed by atoms with Crippen molar-refractivity contribution >= 4 is 17.2 Å². The van der Waals surface area contributed by atoms with Gasteiger partial charge in [0.15, 0.2) is 12.7 Å². The van der Waals surface area contributed by atoms with Crippen LogP contribution >= 0.6 is 11.3 Å². The van der Waals surface area contributed by atoms with Gasteiger partial charge in [0.1, 0.15) is 5.82 Å². The summed E-state index contributed by atoms with van der Waals surface area (Å²) >= 11 is 1.71. The number of rotatable bonds is 4. The van der Waals surface area contributed by atoms with Crippen LogP contribution in [0.25, 0.3) is 0 Å². The Balaban J connectivity index is 0.00000200. The SMILES string of the molecule is Cc1cc(C)c(C[n+]2cc(CCO)sc2C)c(N)n1.[Cl-]. The summed E-state index contributed by atoms with van der Waals surface area (Å²) in [6, 6.07) is 2.06. The fourth-order valence-corrected chi connectivity index (χ4v) is 3.18. The molecule has 0 saturated carbocycles. The molecule has 0 bridgehead atoms. The van der Waals surface area contributed by atoms with E-state index >= 15 is 0 Å². The number of anilines is 1. The van der Waals surface area contributed by atoms with Crippen LogP contribution in [0.5, 0.6) is 0 Å². The van der Waals surface area contributed by atoms with Crippen LogP contribution in [-0.4, -0.2) is 16.7 Å². The third-order valence-corrected chi connectivity index (χ3v) is 4.28. The number of pyridine rings is 1. The van der Waals surface area contributed by atoms with Gasteiger partial charge in [-0.25, -0.2) is 4.98 Å². The fraction of sp³-hybridized carbons (Fsp3) is 0.429. The van der Waals surface area contributed by atoms with Gasteiger partial charge in [-0.1, -0.05) is 11.3 Å². The Bertz CT molecular complexity index is 575. The Morgan fingerprint density at radius 3 is 2.65 bits per heavy atom. The number of aryl methyl sites for hydroxylation is 3. The largest absolute Gasteiger partial charge is 1.00 e. The molecular weight excluding hydrogens is 294 g/mol. The number of nitrogens with two attached hydrogens (primary N) is 1. The van der Waals surface area contributed by atoms with Crippen molar-refractivity contribution < 1.29 is 22.1 Å². The highest BCUT2D eigenvalue weighted by molar-refractivity contribution is 7.11. The molecule has 110 valence electrons. The summed E-state index contributed by atoms with van der Waals surface area (Å²) in [5.74, 6) is 0.610. The molecule has 6 heteroatoms. The van der Waals surface area contributed by atoms with E-state index in [1.54, 1.807) is 11.3 Å². The number of aliphatic hydroxyl groups is 1. The Hall–Kier alpha value is -1.17. The first-order valence-corrected chi connectivity index (χ1v) is 7.15. The molecule has 2 aromatic heterocycles. The summed E-state index contributed by atoms with van der Waals surface area (Å²) in [6.07, 6.45) is 2.80. The molecule has 0 aliphatic heterocycles. The zero-order valence-corrected chi connectivity index (χ0v) is 13.6. The van der Waals surface area contributed by atoms with E-state index in [-0.39, 0.29) is 19.0 Å². The van der Waals surface area contributed by atoms with Gasteiger partial charge in [-0.15, -0.1) is 0 Å². The Labute approximate surface area is 129 Å². The molecule has 2 heterocycles. The van der Waals surface area contributed by atoms with Crippen molar-refractivity contribution in [3.63, 3.8) is 0 Å². The fourth-order valence-electron chi connectivity index (χ4n) is 2.19. The summed E-state index contributed by atoms with van der Waals surface area (Å²) in [5, 5.41) is 10.2. The normalized spacial score (nSPS) is 10.4. The van der Waals surface area contributed by atoms with Crippen molar-refractivity contribution in [3.8, 4) is 0 Å². The smallest absolute Gasteiger partial charge is 0.234 e. The van der Waals surface area contributed by atoms with Crippen molar-refractivity contribution in [2.24, 2.45) is 0 Å². The second kappa shape index (κ2) is 7.02. The van der Waals surface area contributed by atoms with Gasteiger partial charge in [0.25, 0.3) is 0 Å². The molecule has 3 N–H and O–H groups in total. The summed E-state index contributed by atoms with van der Waals surface area (Å²) in [6.45, 7) is 7.03. The van der Waals surface area contributed by atoms with Gasteiger partial charge in [-0.3, -0.25) is 0 Å². The Kier molecular flexibility index (Phi) is 5.92. The number of halogens is 1. The van der Waals surface area contributed by atoms with Gasteiger partial charge in [0, 0.05) is 25.6 Å². The highest BCUT2D eigenvalue weighted by Crippen LogP contribution is 2.17. The van der Waals surface area contributed by atoms with Gasteiger partial charge in [0.2, 0.25) is 5.01 Å². The number of hydrogen-bond acceptors (Lipinski definition) is 4. The molecule has 0 radical (unpaired) electrons. The minimum Gasteiger partial charge on any atom is -1.00 e. The average molecular weight is 314 g/mol. The minimum absolute atomic E-state index is 0. The molecule has 0 fully saturated rings. The zero-order valence-electron chi connectivity index (χ0n) is 12.0. The average Bonchev–Trinajstić information content (AvgIpc) is 2.64. The van der Waals surface area contributed by atoms with E-state index in [9.17, 15) is 0 Å². The van der Waals surface area contributed by atoms with Crippen molar-refractivity contribution in [1.29, 1.82) is 0 Å². The number of nitrogen functional groups attached to an aromatic ring is 1. The molecule has 0 amide bonds. The molecule has 2 aromatic rings. The first-order chi connectivity index (χ1) is 9.01. The van der Waals surface area contributed by atoms with Gasteiger partial charge < -0.3 is 23.2 Å². The van der Waals surface area contributed by atoms with E-state index in [1.165, 1.54) is 15.4 Å². The summed E-state index contributed by atoms with van der Waals surface area (Å²) in [5.41, 5.74) is 9.22. The summed E-state index contributed by atoms with van der Waals surface area (Å²) < 4.78 is 2.17.